The molecule has 7 nitrogen and oxygen atoms in total. The van der Waals surface area contributed by atoms with Crippen LogP contribution in [0.15, 0.2) is 29.5 Å². The van der Waals surface area contributed by atoms with E-state index in [0.29, 0.717) is 22.8 Å². The Hall–Kier alpha value is -2.70. The van der Waals surface area contributed by atoms with Gasteiger partial charge >= 0.3 is 12.0 Å². The maximum absolute atomic E-state index is 12.8. The molecular weight excluding hydrogens is 324 g/mol. The van der Waals surface area contributed by atoms with Gasteiger partial charge in [0, 0.05) is 5.70 Å². The summed E-state index contributed by atoms with van der Waals surface area (Å²) in [4.78, 5) is 24.7. The topological polar surface area (TPSA) is 85.9 Å². The van der Waals surface area contributed by atoms with Gasteiger partial charge in [-0.1, -0.05) is 6.07 Å². The Balaban J connectivity index is 1.64. The van der Waals surface area contributed by atoms with Gasteiger partial charge < -0.3 is 24.8 Å². The Morgan fingerprint density at radius 2 is 1.96 bits per heavy atom. The Morgan fingerprint density at radius 3 is 2.76 bits per heavy atom. The van der Waals surface area contributed by atoms with Gasteiger partial charge in [0.05, 0.1) is 11.6 Å². The molecule has 0 saturated heterocycles. The summed E-state index contributed by atoms with van der Waals surface area (Å²) in [7, 11) is 0. The van der Waals surface area contributed by atoms with Crippen LogP contribution in [0.3, 0.4) is 0 Å². The van der Waals surface area contributed by atoms with Gasteiger partial charge in [0.2, 0.25) is 6.79 Å². The second-order valence-electron chi connectivity index (χ2n) is 6.49. The van der Waals surface area contributed by atoms with E-state index >= 15 is 0 Å². The number of fused-ring (bicyclic) bond motifs is 1. The molecule has 1 saturated carbocycles. The number of carbonyl (C=O) groups is 2. The van der Waals surface area contributed by atoms with Gasteiger partial charge in [0.15, 0.2) is 11.5 Å². The lowest BCUT2D eigenvalue weighted by Gasteiger charge is -2.29. The third-order valence-corrected chi connectivity index (χ3v) is 4.79. The van der Waals surface area contributed by atoms with Crippen LogP contribution in [0.2, 0.25) is 0 Å². The van der Waals surface area contributed by atoms with Gasteiger partial charge in [0.25, 0.3) is 0 Å². The first-order valence-electron chi connectivity index (χ1n) is 8.50. The smallest absolute Gasteiger partial charge is 0.338 e. The highest BCUT2D eigenvalue weighted by atomic mass is 16.7. The molecule has 2 aliphatic heterocycles. The van der Waals surface area contributed by atoms with E-state index in [2.05, 4.69) is 10.6 Å². The Morgan fingerprint density at radius 1 is 1.20 bits per heavy atom. The molecule has 1 fully saturated rings. The molecule has 2 amide bonds. The fraction of sp³-hybridized carbons (Fsp3) is 0.444. The monoisotopic (exact) mass is 344 g/mol. The first-order valence-corrected chi connectivity index (χ1v) is 8.50. The van der Waals surface area contributed by atoms with Crippen LogP contribution in [-0.2, 0) is 9.53 Å². The fourth-order valence-corrected chi connectivity index (χ4v) is 3.53. The minimum Gasteiger partial charge on any atom is -0.459 e. The number of rotatable bonds is 3. The SMILES string of the molecule is CC1=C(C(=O)OC2CCCC2)[C@@H](c2ccc3c(c2)OCO3)NC(=O)N1. The number of allylic oxidation sites excluding steroid dienone is 1. The molecule has 0 aromatic heterocycles. The summed E-state index contributed by atoms with van der Waals surface area (Å²) in [5.41, 5.74) is 1.68. The molecule has 132 valence electrons. The number of nitrogens with one attached hydrogen (secondary N) is 2. The van der Waals surface area contributed by atoms with Gasteiger partial charge in [-0.25, -0.2) is 9.59 Å². The maximum Gasteiger partial charge on any atom is 0.338 e. The van der Waals surface area contributed by atoms with Crippen LogP contribution in [-0.4, -0.2) is 24.9 Å². The lowest BCUT2D eigenvalue weighted by molar-refractivity contribution is -0.144. The number of hydrogen-bond acceptors (Lipinski definition) is 5. The number of hydrogen-bond donors (Lipinski definition) is 2. The van der Waals surface area contributed by atoms with Crippen molar-refractivity contribution in [3.63, 3.8) is 0 Å². The molecule has 0 radical (unpaired) electrons. The van der Waals surface area contributed by atoms with Crippen LogP contribution in [0, 0.1) is 0 Å². The molecule has 25 heavy (non-hydrogen) atoms. The zero-order chi connectivity index (χ0) is 17.4. The summed E-state index contributed by atoms with van der Waals surface area (Å²) in [5.74, 6) is 0.866. The number of urea groups is 1. The first kappa shape index (κ1) is 15.8. The predicted molar refractivity (Wildman–Crippen MR) is 88.0 cm³/mol. The van der Waals surface area contributed by atoms with Gasteiger partial charge in [-0.15, -0.1) is 0 Å². The highest BCUT2D eigenvalue weighted by Gasteiger charge is 2.34. The summed E-state index contributed by atoms with van der Waals surface area (Å²) < 4.78 is 16.4. The molecule has 0 bridgehead atoms. The average molecular weight is 344 g/mol. The Kier molecular flexibility index (Phi) is 3.99. The largest absolute Gasteiger partial charge is 0.459 e. The van der Waals surface area contributed by atoms with Gasteiger partial charge in [0.1, 0.15) is 6.10 Å². The molecule has 1 aromatic rings. The standard InChI is InChI=1S/C18H20N2O5/c1-10-15(17(21)25-12-4-2-3-5-12)16(20-18(22)19-10)11-6-7-13-14(8-11)24-9-23-13/h6-8,12,16H,2-5,9H2,1H3,(H2,19,20,22)/t16-/m1/s1. The zero-order valence-corrected chi connectivity index (χ0v) is 14.0. The van der Waals surface area contributed by atoms with Crippen LogP contribution in [0.25, 0.3) is 0 Å². The molecule has 7 heteroatoms. The van der Waals surface area contributed by atoms with Crippen molar-refractivity contribution in [3.8, 4) is 11.5 Å². The summed E-state index contributed by atoms with van der Waals surface area (Å²) in [6.07, 6.45) is 3.91. The lowest BCUT2D eigenvalue weighted by Crippen LogP contribution is -2.45. The molecule has 0 spiro atoms. The van der Waals surface area contributed by atoms with Gasteiger partial charge in [-0.2, -0.15) is 0 Å². The summed E-state index contributed by atoms with van der Waals surface area (Å²) >= 11 is 0. The molecular formula is C18H20N2O5. The van der Waals surface area contributed by atoms with Crippen molar-refractivity contribution in [1.82, 2.24) is 10.6 Å². The predicted octanol–water partition coefficient (Wildman–Crippen LogP) is 2.53. The number of benzene rings is 1. The van der Waals surface area contributed by atoms with Crippen molar-refractivity contribution in [2.24, 2.45) is 0 Å². The molecule has 3 aliphatic rings. The van der Waals surface area contributed by atoms with Crippen molar-refractivity contribution < 1.29 is 23.8 Å². The van der Waals surface area contributed by atoms with Crippen molar-refractivity contribution in [3.05, 3.63) is 35.0 Å². The summed E-state index contributed by atoms with van der Waals surface area (Å²) in [6, 6.07) is 4.45. The minimum atomic E-state index is -0.586. The van der Waals surface area contributed by atoms with E-state index in [1.54, 1.807) is 19.1 Å². The average Bonchev–Trinajstić information content (AvgIpc) is 3.24. The van der Waals surface area contributed by atoms with Crippen molar-refractivity contribution in [2.75, 3.05) is 6.79 Å². The molecule has 2 heterocycles. The molecule has 4 rings (SSSR count). The normalized spacial score (nSPS) is 22.6. The van der Waals surface area contributed by atoms with Crippen LogP contribution in [0.1, 0.15) is 44.2 Å². The number of amides is 2. The van der Waals surface area contributed by atoms with E-state index in [4.69, 9.17) is 14.2 Å². The first-order chi connectivity index (χ1) is 12.1. The summed E-state index contributed by atoms with van der Waals surface area (Å²) in [5, 5.41) is 5.47. The van der Waals surface area contributed by atoms with Crippen LogP contribution >= 0.6 is 0 Å². The highest BCUT2D eigenvalue weighted by Crippen LogP contribution is 2.37. The zero-order valence-electron chi connectivity index (χ0n) is 14.0. The van der Waals surface area contributed by atoms with E-state index in [1.165, 1.54) is 0 Å². The van der Waals surface area contributed by atoms with Crippen molar-refractivity contribution in [2.45, 2.75) is 44.8 Å². The highest BCUT2D eigenvalue weighted by molar-refractivity contribution is 5.95. The lowest BCUT2D eigenvalue weighted by atomic mass is 9.95. The van der Waals surface area contributed by atoms with E-state index in [0.717, 1.165) is 31.2 Å². The van der Waals surface area contributed by atoms with Crippen molar-refractivity contribution >= 4 is 12.0 Å². The Labute approximate surface area is 145 Å². The minimum absolute atomic E-state index is 0.0390. The molecule has 1 atom stereocenters. The third-order valence-electron chi connectivity index (χ3n) is 4.79. The number of ether oxygens (including phenoxy) is 3. The quantitative estimate of drug-likeness (QED) is 0.823. The second kappa shape index (κ2) is 6.31. The summed E-state index contributed by atoms with van der Waals surface area (Å²) in [6.45, 7) is 1.88. The van der Waals surface area contributed by atoms with E-state index < -0.39 is 6.04 Å². The number of carbonyl (C=O) groups excluding carboxylic acids is 2. The second-order valence-corrected chi connectivity index (χ2v) is 6.49. The third kappa shape index (κ3) is 3.01. The van der Waals surface area contributed by atoms with E-state index in [1.807, 2.05) is 6.07 Å². The Bertz CT molecular complexity index is 752. The fourth-order valence-electron chi connectivity index (χ4n) is 3.53. The molecule has 1 aromatic carbocycles. The van der Waals surface area contributed by atoms with Crippen LogP contribution in [0.5, 0.6) is 11.5 Å². The molecule has 2 N–H and O–H groups in total. The van der Waals surface area contributed by atoms with E-state index in [-0.39, 0.29) is 24.9 Å². The number of esters is 1. The van der Waals surface area contributed by atoms with Gasteiger partial charge in [-0.05, 0) is 50.3 Å². The maximum atomic E-state index is 12.8. The van der Waals surface area contributed by atoms with E-state index in [9.17, 15) is 9.59 Å². The van der Waals surface area contributed by atoms with Gasteiger partial charge in [-0.3, -0.25) is 0 Å². The molecule has 0 unspecified atom stereocenters. The molecule has 1 aliphatic carbocycles. The van der Waals surface area contributed by atoms with Crippen molar-refractivity contribution in [1.29, 1.82) is 0 Å². The van der Waals surface area contributed by atoms with Crippen LogP contribution < -0.4 is 20.1 Å². The van der Waals surface area contributed by atoms with Crippen LogP contribution in [0.4, 0.5) is 4.79 Å².